The summed E-state index contributed by atoms with van der Waals surface area (Å²) in [6.45, 7) is 0.177. The van der Waals surface area contributed by atoms with Crippen molar-refractivity contribution < 1.29 is 35.5 Å². The lowest BCUT2D eigenvalue weighted by Gasteiger charge is -2.21. The minimum absolute atomic E-state index is 0.357. The molecule has 0 aliphatic carbocycles. The minimum atomic E-state index is -4.36. The van der Waals surface area contributed by atoms with Crippen molar-refractivity contribution in [2.75, 3.05) is 19.8 Å². The predicted molar refractivity (Wildman–Crippen MR) is 59.1 cm³/mol. The molecule has 0 saturated carbocycles. The molecular formula is C11H18F7NO. The molecule has 0 radical (unpaired) electrons. The first kappa shape index (κ1) is 19.4. The van der Waals surface area contributed by atoms with Gasteiger partial charge in [-0.25, -0.2) is 8.78 Å². The van der Waals surface area contributed by atoms with Crippen molar-refractivity contribution >= 4 is 0 Å². The average molecular weight is 313 g/mol. The molecule has 2 nitrogen and oxygen atoms in total. The van der Waals surface area contributed by atoms with Crippen molar-refractivity contribution in [1.29, 1.82) is 0 Å². The van der Waals surface area contributed by atoms with Gasteiger partial charge in [-0.3, -0.25) is 0 Å². The maximum Gasteiger partial charge on any atom is 0.389 e. The molecule has 0 aliphatic heterocycles. The van der Waals surface area contributed by atoms with Gasteiger partial charge < -0.3 is 10.1 Å². The van der Waals surface area contributed by atoms with E-state index in [-0.39, 0.29) is 6.42 Å². The Kier molecular flexibility index (Phi) is 8.41. The number of ether oxygens (including phenoxy) is 1. The van der Waals surface area contributed by atoms with Gasteiger partial charge in [0.25, 0.3) is 0 Å². The number of hydrogen-bond donors (Lipinski definition) is 1. The van der Waals surface area contributed by atoms with Crippen LogP contribution in [0.2, 0.25) is 0 Å². The molecule has 0 aliphatic rings. The highest BCUT2D eigenvalue weighted by atomic mass is 19.4. The highest BCUT2D eigenvalue weighted by molar-refractivity contribution is 4.71. The predicted octanol–water partition coefficient (Wildman–Crippen LogP) is 3.61. The van der Waals surface area contributed by atoms with Gasteiger partial charge in [0, 0.05) is 12.5 Å². The molecule has 1 N–H and O–H groups in total. The zero-order valence-corrected chi connectivity index (χ0v) is 11.0. The van der Waals surface area contributed by atoms with Gasteiger partial charge in [0.05, 0.1) is 6.61 Å². The van der Waals surface area contributed by atoms with E-state index in [9.17, 15) is 30.7 Å². The van der Waals surface area contributed by atoms with Crippen LogP contribution in [0.5, 0.6) is 0 Å². The molecule has 0 spiro atoms. The van der Waals surface area contributed by atoms with Crippen LogP contribution < -0.4 is 5.32 Å². The Labute approximate surface area is 112 Å². The second kappa shape index (κ2) is 8.66. The lowest BCUT2D eigenvalue weighted by molar-refractivity contribution is -0.168. The van der Waals surface area contributed by atoms with Gasteiger partial charge in [-0.15, -0.1) is 0 Å². The summed E-state index contributed by atoms with van der Waals surface area (Å²) in [6, 6.07) is -0.801. The topological polar surface area (TPSA) is 21.3 Å². The zero-order chi connectivity index (χ0) is 15.8. The van der Waals surface area contributed by atoms with Gasteiger partial charge in [0.15, 0.2) is 0 Å². The number of nitrogens with one attached hydrogen (secondary N) is 1. The van der Waals surface area contributed by atoms with Crippen LogP contribution in [0.25, 0.3) is 0 Å². The Balaban J connectivity index is 4.16. The Morgan fingerprint density at radius 1 is 1.10 bits per heavy atom. The Morgan fingerprint density at radius 2 is 1.70 bits per heavy atom. The zero-order valence-electron chi connectivity index (χ0n) is 11.0. The van der Waals surface area contributed by atoms with Crippen molar-refractivity contribution in [3.63, 3.8) is 0 Å². The quantitative estimate of drug-likeness (QED) is 0.622. The molecule has 0 heterocycles. The van der Waals surface area contributed by atoms with Gasteiger partial charge >= 0.3 is 18.5 Å². The van der Waals surface area contributed by atoms with E-state index in [4.69, 9.17) is 0 Å². The van der Waals surface area contributed by atoms with E-state index in [1.54, 1.807) is 6.92 Å². The molecule has 20 heavy (non-hydrogen) atoms. The normalized spacial score (nSPS) is 14.8. The Bertz CT molecular complexity index is 258. The molecule has 0 fully saturated rings. The van der Waals surface area contributed by atoms with Crippen molar-refractivity contribution in [2.45, 2.75) is 50.8 Å². The maximum absolute atomic E-state index is 12.5. The fraction of sp³-hybridized carbons (Fsp3) is 1.00. The van der Waals surface area contributed by atoms with Gasteiger partial charge in [0.2, 0.25) is 0 Å². The molecule has 0 aromatic carbocycles. The summed E-state index contributed by atoms with van der Waals surface area (Å²) in [6.07, 6.45) is -9.04. The first-order valence-electron chi connectivity index (χ1n) is 6.12. The highest BCUT2D eigenvalue weighted by Crippen LogP contribution is 2.24. The van der Waals surface area contributed by atoms with Crippen molar-refractivity contribution in [1.82, 2.24) is 5.32 Å². The van der Waals surface area contributed by atoms with Gasteiger partial charge in [-0.1, -0.05) is 6.92 Å². The average Bonchev–Trinajstić information content (AvgIpc) is 2.30. The summed E-state index contributed by atoms with van der Waals surface area (Å²) < 4.78 is 89.4. The van der Waals surface area contributed by atoms with Crippen LogP contribution >= 0.6 is 0 Å². The first-order valence-corrected chi connectivity index (χ1v) is 6.12. The molecule has 0 amide bonds. The van der Waals surface area contributed by atoms with Gasteiger partial charge in [0.1, 0.15) is 6.61 Å². The lowest BCUT2D eigenvalue weighted by Crippen LogP contribution is -2.38. The minimum Gasteiger partial charge on any atom is -0.373 e. The van der Waals surface area contributed by atoms with Crippen LogP contribution in [-0.4, -0.2) is 44.3 Å². The number of alkyl halides is 7. The summed E-state index contributed by atoms with van der Waals surface area (Å²) >= 11 is 0. The molecule has 0 saturated heterocycles. The fourth-order valence-corrected chi connectivity index (χ4v) is 1.33. The second-order valence-electron chi connectivity index (χ2n) is 4.38. The fourth-order valence-electron chi connectivity index (χ4n) is 1.33. The van der Waals surface area contributed by atoms with Gasteiger partial charge in [-0.2, -0.15) is 22.0 Å². The Hall–Kier alpha value is -0.570. The van der Waals surface area contributed by atoms with Crippen LogP contribution in [0.15, 0.2) is 0 Å². The molecule has 0 aromatic heterocycles. The maximum atomic E-state index is 12.5. The summed E-state index contributed by atoms with van der Waals surface area (Å²) in [5, 5.41) is 2.70. The number of halogens is 7. The van der Waals surface area contributed by atoms with E-state index < -0.39 is 44.2 Å². The molecular weight excluding hydrogens is 295 g/mol. The Morgan fingerprint density at radius 3 is 2.15 bits per heavy atom. The van der Waals surface area contributed by atoms with E-state index in [2.05, 4.69) is 10.1 Å². The molecule has 122 valence electrons. The third-order valence-corrected chi connectivity index (χ3v) is 2.39. The summed E-state index contributed by atoms with van der Waals surface area (Å²) in [5.41, 5.74) is 0. The summed E-state index contributed by atoms with van der Waals surface area (Å²) in [5.74, 6) is -4.29. The molecule has 0 rings (SSSR count). The molecule has 1 atom stereocenters. The van der Waals surface area contributed by atoms with E-state index in [0.717, 1.165) is 0 Å². The van der Waals surface area contributed by atoms with E-state index in [1.165, 1.54) is 0 Å². The number of rotatable bonds is 10. The van der Waals surface area contributed by atoms with Crippen molar-refractivity contribution in [3.05, 3.63) is 0 Å². The van der Waals surface area contributed by atoms with Crippen LogP contribution in [0.1, 0.15) is 26.2 Å². The standard InChI is InChI=1S/C11H18F7NO/c1-2-5-19-8(3-4-11(16,17)18)6-20-7-10(14,15)9(12)13/h8-9,19H,2-7H2,1H3. The monoisotopic (exact) mass is 313 g/mol. The van der Waals surface area contributed by atoms with E-state index >= 15 is 0 Å². The van der Waals surface area contributed by atoms with E-state index in [1.807, 2.05) is 0 Å². The van der Waals surface area contributed by atoms with Crippen molar-refractivity contribution in [2.24, 2.45) is 0 Å². The second-order valence-corrected chi connectivity index (χ2v) is 4.38. The lowest BCUT2D eigenvalue weighted by atomic mass is 10.1. The molecule has 9 heteroatoms. The third-order valence-electron chi connectivity index (χ3n) is 2.39. The molecule has 0 bridgehead atoms. The van der Waals surface area contributed by atoms with Crippen LogP contribution in [-0.2, 0) is 4.74 Å². The van der Waals surface area contributed by atoms with Crippen LogP contribution in [0.3, 0.4) is 0 Å². The largest absolute Gasteiger partial charge is 0.389 e. The molecule has 1 unspecified atom stereocenters. The first-order chi connectivity index (χ1) is 9.08. The van der Waals surface area contributed by atoms with Crippen molar-refractivity contribution in [3.8, 4) is 0 Å². The van der Waals surface area contributed by atoms with Crippen LogP contribution in [0.4, 0.5) is 30.7 Å². The highest BCUT2D eigenvalue weighted by Gasteiger charge is 2.41. The van der Waals surface area contributed by atoms with E-state index in [0.29, 0.717) is 13.0 Å². The smallest absolute Gasteiger partial charge is 0.373 e. The number of hydrogen-bond acceptors (Lipinski definition) is 2. The van der Waals surface area contributed by atoms with Gasteiger partial charge in [-0.05, 0) is 19.4 Å². The summed E-state index contributed by atoms with van der Waals surface area (Å²) in [4.78, 5) is 0. The summed E-state index contributed by atoms with van der Waals surface area (Å²) in [7, 11) is 0. The SMILES string of the molecule is CCCNC(CCC(F)(F)F)COCC(F)(F)C(F)F. The van der Waals surface area contributed by atoms with Crippen LogP contribution in [0, 0.1) is 0 Å². The third kappa shape index (κ3) is 9.35. The molecule has 0 aromatic rings.